The molecule has 0 bridgehead atoms. The Morgan fingerprint density at radius 3 is 2.87 bits per heavy atom. The summed E-state index contributed by atoms with van der Waals surface area (Å²) in [5.74, 6) is 0.626. The van der Waals surface area contributed by atoms with Crippen LogP contribution in [0.25, 0.3) is 0 Å². The van der Waals surface area contributed by atoms with Gasteiger partial charge in [0.2, 0.25) is 5.88 Å². The topological polar surface area (TPSA) is 39.9 Å². The summed E-state index contributed by atoms with van der Waals surface area (Å²) < 4.78 is 7.30. The second-order valence-electron chi connectivity index (χ2n) is 3.36. The first-order chi connectivity index (χ1) is 7.25. The van der Waals surface area contributed by atoms with Gasteiger partial charge in [-0.05, 0) is 19.1 Å². The first-order valence-corrected chi connectivity index (χ1v) is 4.79. The quantitative estimate of drug-likeness (QED) is 0.762. The Bertz CT molecular complexity index is 417. The molecule has 2 rings (SSSR count). The van der Waals surface area contributed by atoms with Crippen LogP contribution in [-0.4, -0.2) is 14.8 Å². The Morgan fingerprint density at radius 2 is 2.27 bits per heavy atom. The molecule has 4 heteroatoms. The Balaban J connectivity index is 1.99. The average molecular weight is 203 g/mol. The molecule has 0 radical (unpaired) electrons. The third-order valence-corrected chi connectivity index (χ3v) is 2.17. The maximum atomic E-state index is 5.47. The molecule has 2 aromatic heterocycles. The third-order valence-electron chi connectivity index (χ3n) is 2.17. The monoisotopic (exact) mass is 203 g/mol. The molecule has 0 aliphatic carbocycles. The van der Waals surface area contributed by atoms with Crippen molar-refractivity contribution in [2.45, 2.75) is 13.5 Å². The van der Waals surface area contributed by atoms with Crippen LogP contribution >= 0.6 is 0 Å². The lowest BCUT2D eigenvalue weighted by Crippen LogP contribution is -1.99. The molecule has 0 saturated heterocycles. The van der Waals surface area contributed by atoms with Gasteiger partial charge < -0.3 is 4.74 Å². The Hall–Kier alpha value is -1.84. The lowest BCUT2D eigenvalue weighted by molar-refractivity contribution is 0.288. The van der Waals surface area contributed by atoms with Gasteiger partial charge in [-0.2, -0.15) is 5.10 Å². The van der Waals surface area contributed by atoms with Gasteiger partial charge in [-0.3, -0.25) is 4.68 Å². The second kappa shape index (κ2) is 4.13. The van der Waals surface area contributed by atoms with Gasteiger partial charge in [-0.25, -0.2) is 4.98 Å². The SMILES string of the molecule is Cc1cc(COc2ccccn2)nn1C. The van der Waals surface area contributed by atoms with Crippen LogP contribution in [0.2, 0.25) is 0 Å². The first-order valence-electron chi connectivity index (χ1n) is 4.79. The van der Waals surface area contributed by atoms with Crippen LogP contribution in [0.1, 0.15) is 11.4 Å². The second-order valence-corrected chi connectivity index (χ2v) is 3.36. The summed E-state index contributed by atoms with van der Waals surface area (Å²) >= 11 is 0. The van der Waals surface area contributed by atoms with E-state index in [0.29, 0.717) is 12.5 Å². The number of nitrogens with zero attached hydrogens (tertiary/aromatic N) is 3. The van der Waals surface area contributed by atoms with E-state index in [0.717, 1.165) is 11.4 Å². The molecular weight excluding hydrogens is 190 g/mol. The molecule has 0 aliphatic rings. The van der Waals surface area contributed by atoms with Gasteiger partial charge in [0.05, 0.1) is 0 Å². The lowest BCUT2D eigenvalue weighted by atomic mass is 10.4. The van der Waals surface area contributed by atoms with Crippen LogP contribution in [-0.2, 0) is 13.7 Å². The zero-order chi connectivity index (χ0) is 10.7. The summed E-state index contributed by atoms with van der Waals surface area (Å²) in [6, 6.07) is 7.59. The summed E-state index contributed by atoms with van der Waals surface area (Å²) in [5, 5.41) is 4.29. The standard InChI is InChI=1S/C11H13N3O/c1-9-7-10(13-14(9)2)8-15-11-5-3-4-6-12-11/h3-7H,8H2,1-2H3. The number of hydrogen-bond donors (Lipinski definition) is 0. The van der Waals surface area contributed by atoms with E-state index in [4.69, 9.17) is 4.74 Å². The molecule has 0 atom stereocenters. The maximum Gasteiger partial charge on any atom is 0.213 e. The Kier molecular flexibility index (Phi) is 2.67. The van der Waals surface area contributed by atoms with Gasteiger partial charge in [0.25, 0.3) is 0 Å². The average Bonchev–Trinajstić information content (AvgIpc) is 2.57. The van der Waals surface area contributed by atoms with Crippen molar-refractivity contribution in [1.82, 2.24) is 14.8 Å². The molecule has 2 aromatic rings. The van der Waals surface area contributed by atoms with E-state index in [1.54, 1.807) is 6.20 Å². The van der Waals surface area contributed by atoms with Gasteiger partial charge in [-0.1, -0.05) is 6.07 Å². The molecule has 0 fully saturated rings. The molecule has 78 valence electrons. The number of pyridine rings is 1. The molecule has 4 nitrogen and oxygen atoms in total. The molecule has 0 aliphatic heterocycles. The molecule has 2 heterocycles. The minimum absolute atomic E-state index is 0.457. The predicted octanol–water partition coefficient (Wildman–Crippen LogP) is 1.70. The zero-order valence-corrected chi connectivity index (χ0v) is 8.84. The molecule has 0 amide bonds. The summed E-state index contributed by atoms with van der Waals surface area (Å²) in [6.07, 6.45) is 1.71. The van der Waals surface area contributed by atoms with Crippen LogP contribution in [0.5, 0.6) is 5.88 Å². The highest BCUT2D eigenvalue weighted by molar-refractivity contribution is 5.11. The van der Waals surface area contributed by atoms with Gasteiger partial charge in [-0.15, -0.1) is 0 Å². The highest BCUT2D eigenvalue weighted by atomic mass is 16.5. The highest BCUT2D eigenvalue weighted by Crippen LogP contribution is 2.08. The van der Waals surface area contributed by atoms with E-state index in [1.165, 1.54) is 0 Å². The van der Waals surface area contributed by atoms with E-state index in [-0.39, 0.29) is 0 Å². The van der Waals surface area contributed by atoms with Crippen molar-refractivity contribution in [3.05, 3.63) is 41.9 Å². The third kappa shape index (κ3) is 2.34. The lowest BCUT2D eigenvalue weighted by Gasteiger charge is -2.01. The Morgan fingerprint density at radius 1 is 1.40 bits per heavy atom. The van der Waals surface area contributed by atoms with Gasteiger partial charge in [0.15, 0.2) is 0 Å². The van der Waals surface area contributed by atoms with Crippen molar-refractivity contribution < 1.29 is 4.74 Å². The smallest absolute Gasteiger partial charge is 0.213 e. The van der Waals surface area contributed by atoms with Crippen molar-refractivity contribution in [2.75, 3.05) is 0 Å². The fraction of sp³-hybridized carbons (Fsp3) is 0.273. The molecule has 0 aromatic carbocycles. The number of rotatable bonds is 3. The van der Waals surface area contributed by atoms with Crippen LogP contribution < -0.4 is 4.74 Å². The molecular formula is C11H13N3O. The van der Waals surface area contributed by atoms with Crippen LogP contribution in [0, 0.1) is 6.92 Å². The largest absolute Gasteiger partial charge is 0.471 e. The molecule has 0 saturated carbocycles. The number of aryl methyl sites for hydroxylation is 2. The molecule has 0 unspecified atom stereocenters. The summed E-state index contributed by atoms with van der Waals surface area (Å²) in [6.45, 7) is 2.47. The van der Waals surface area contributed by atoms with Gasteiger partial charge in [0, 0.05) is 25.0 Å². The van der Waals surface area contributed by atoms with Crippen LogP contribution in [0.15, 0.2) is 30.5 Å². The normalized spacial score (nSPS) is 10.3. The van der Waals surface area contributed by atoms with Gasteiger partial charge in [0.1, 0.15) is 12.3 Å². The summed E-state index contributed by atoms with van der Waals surface area (Å²) in [7, 11) is 1.92. The van der Waals surface area contributed by atoms with Crippen LogP contribution in [0.3, 0.4) is 0 Å². The van der Waals surface area contributed by atoms with Gasteiger partial charge >= 0.3 is 0 Å². The Labute approximate surface area is 88.5 Å². The molecule has 0 N–H and O–H groups in total. The van der Waals surface area contributed by atoms with E-state index in [2.05, 4.69) is 10.1 Å². The minimum Gasteiger partial charge on any atom is -0.471 e. The van der Waals surface area contributed by atoms with Crippen LogP contribution in [0.4, 0.5) is 0 Å². The van der Waals surface area contributed by atoms with Crippen molar-refractivity contribution in [3.63, 3.8) is 0 Å². The van der Waals surface area contributed by atoms with Crippen molar-refractivity contribution in [1.29, 1.82) is 0 Å². The fourth-order valence-corrected chi connectivity index (χ4v) is 1.29. The first kappa shape index (κ1) is 9.71. The number of aromatic nitrogens is 3. The summed E-state index contributed by atoms with van der Waals surface area (Å²) in [5.41, 5.74) is 2.04. The maximum absolute atomic E-state index is 5.47. The highest BCUT2D eigenvalue weighted by Gasteiger charge is 2.01. The predicted molar refractivity (Wildman–Crippen MR) is 56.5 cm³/mol. The van der Waals surface area contributed by atoms with E-state index in [9.17, 15) is 0 Å². The molecule has 0 spiro atoms. The summed E-state index contributed by atoms with van der Waals surface area (Å²) in [4.78, 5) is 4.07. The van der Waals surface area contributed by atoms with Crippen molar-refractivity contribution in [3.8, 4) is 5.88 Å². The molecule has 15 heavy (non-hydrogen) atoms. The van der Waals surface area contributed by atoms with E-state index < -0.39 is 0 Å². The van der Waals surface area contributed by atoms with Crippen molar-refractivity contribution >= 4 is 0 Å². The fourth-order valence-electron chi connectivity index (χ4n) is 1.29. The minimum atomic E-state index is 0.457. The van der Waals surface area contributed by atoms with E-state index >= 15 is 0 Å². The number of ether oxygens (including phenoxy) is 1. The number of hydrogen-bond acceptors (Lipinski definition) is 3. The van der Waals surface area contributed by atoms with E-state index in [1.807, 2.05) is 42.9 Å². The van der Waals surface area contributed by atoms with Crippen molar-refractivity contribution in [2.24, 2.45) is 7.05 Å². The zero-order valence-electron chi connectivity index (χ0n) is 8.84.